The number of pyridine rings is 1. The number of hydrogen-bond donors (Lipinski definition) is 0. The number of hydrogen-bond acceptors (Lipinski definition) is 2. The molecular formula is C13H17NS. The molecule has 2 aromatic rings. The van der Waals surface area contributed by atoms with E-state index in [1.165, 1.54) is 26.2 Å². The van der Waals surface area contributed by atoms with E-state index >= 15 is 0 Å². The quantitative estimate of drug-likeness (QED) is 0.695. The molecule has 0 amide bonds. The molecule has 0 aromatic carbocycles. The van der Waals surface area contributed by atoms with Gasteiger partial charge in [-0.05, 0) is 43.9 Å². The Balaban J connectivity index is 2.76. The predicted octanol–water partition coefficient (Wildman–Crippen LogP) is 4.34. The lowest BCUT2D eigenvalue weighted by Gasteiger charge is -2.04. The molecule has 0 atom stereocenters. The Bertz CT molecular complexity index is 509. The van der Waals surface area contributed by atoms with Gasteiger partial charge in [-0.2, -0.15) is 0 Å². The van der Waals surface area contributed by atoms with Gasteiger partial charge in [0.25, 0.3) is 0 Å². The van der Waals surface area contributed by atoms with Crippen molar-refractivity contribution < 1.29 is 0 Å². The van der Waals surface area contributed by atoms with E-state index in [4.69, 9.17) is 0 Å². The van der Waals surface area contributed by atoms with E-state index in [1.54, 1.807) is 0 Å². The number of aryl methyl sites for hydroxylation is 2. The van der Waals surface area contributed by atoms with Gasteiger partial charge in [-0.15, -0.1) is 11.3 Å². The molecule has 0 aliphatic carbocycles. The van der Waals surface area contributed by atoms with Crippen molar-refractivity contribution in [2.45, 2.75) is 40.5 Å². The summed E-state index contributed by atoms with van der Waals surface area (Å²) in [5, 5.41) is 1.34. The van der Waals surface area contributed by atoms with Crippen LogP contribution in [0, 0.1) is 20.8 Å². The number of fused-ring (bicyclic) bond motifs is 1. The van der Waals surface area contributed by atoms with E-state index in [0.29, 0.717) is 5.92 Å². The van der Waals surface area contributed by atoms with Crippen LogP contribution in [-0.2, 0) is 0 Å². The van der Waals surface area contributed by atoms with Crippen molar-refractivity contribution in [3.8, 4) is 0 Å². The Morgan fingerprint density at radius 3 is 2.40 bits per heavy atom. The third-order valence-corrected chi connectivity index (χ3v) is 4.41. The molecule has 80 valence electrons. The van der Waals surface area contributed by atoms with Crippen LogP contribution < -0.4 is 0 Å². The van der Waals surface area contributed by atoms with Gasteiger partial charge < -0.3 is 0 Å². The molecule has 0 radical (unpaired) electrons. The Kier molecular flexibility index (Phi) is 2.55. The molecule has 0 spiro atoms. The first-order chi connectivity index (χ1) is 7.00. The van der Waals surface area contributed by atoms with Crippen molar-refractivity contribution in [1.82, 2.24) is 4.98 Å². The molecule has 0 aliphatic heterocycles. The van der Waals surface area contributed by atoms with E-state index in [2.05, 4.69) is 45.7 Å². The summed E-state index contributed by atoms with van der Waals surface area (Å²) < 4.78 is 0. The van der Waals surface area contributed by atoms with Gasteiger partial charge >= 0.3 is 0 Å². The molecule has 0 saturated heterocycles. The van der Waals surface area contributed by atoms with Crippen LogP contribution in [-0.4, -0.2) is 4.98 Å². The van der Waals surface area contributed by atoms with Crippen molar-refractivity contribution in [3.63, 3.8) is 0 Å². The van der Waals surface area contributed by atoms with E-state index in [0.717, 1.165) is 5.69 Å². The largest absolute Gasteiger partial charge is 0.242 e. The molecule has 0 aliphatic rings. The van der Waals surface area contributed by atoms with Gasteiger partial charge in [0.05, 0.1) is 0 Å². The lowest BCUT2D eigenvalue weighted by molar-refractivity contribution is 0.890. The van der Waals surface area contributed by atoms with Gasteiger partial charge in [0.15, 0.2) is 0 Å². The van der Waals surface area contributed by atoms with Gasteiger partial charge in [-0.25, -0.2) is 4.98 Å². The van der Waals surface area contributed by atoms with Crippen LogP contribution in [0.25, 0.3) is 10.2 Å². The molecule has 2 heterocycles. The summed E-state index contributed by atoms with van der Waals surface area (Å²) in [7, 11) is 0. The summed E-state index contributed by atoms with van der Waals surface area (Å²) in [6.07, 6.45) is 0. The van der Waals surface area contributed by atoms with Crippen LogP contribution in [0.5, 0.6) is 0 Å². The Labute approximate surface area is 95.2 Å². The number of aromatic nitrogens is 1. The fraction of sp³-hybridized carbons (Fsp3) is 0.462. The molecule has 0 saturated carbocycles. The third-order valence-electron chi connectivity index (χ3n) is 3.08. The van der Waals surface area contributed by atoms with Crippen LogP contribution in [0.4, 0.5) is 0 Å². The van der Waals surface area contributed by atoms with Crippen LogP contribution >= 0.6 is 11.3 Å². The van der Waals surface area contributed by atoms with Crippen molar-refractivity contribution in [2.75, 3.05) is 0 Å². The van der Waals surface area contributed by atoms with E-state index in [1.807, 2.05) is 11.3 Å². The molecule has 2 heteroatoms. The summed E-state index contributed by atoms with van der Waals surface area (Å²) in [6.45, 7) is 10.9. The zero-order chi connectivity index (χ0) is 11.2. The maximum atomic E-state index is 4.66. The molecule has 0 N–H and O–H groups in total. The van der Waals surface area contributed by atoms with Crippen LogP contribution in [0.3, 0.4) is 0 Å². The lowest BCUT2D eigenvalue weighted by Crippen LogP contribution is -1.90. The standard InChI is InChI=1S/C13H17NS/c1-7(2)12-6-11-9(4)8(3)10(5)14-13(11)15-12/h6-7H,1-5H3. The average Bonchev–Trinajstić information content (AvgIpc) is 2.58. The zero-order valence-corrected chi connectivity index (χ0v) is 10.8. The Morgan fingerprint density at radius 1 is 1.13 bits per heavy atom. The molecule has 15 heavy (non-hydrogen) atoms. The smallest absolute Gasteiger partial charge is 0.124 e. The van der Waals surface area contributed by atoms with Gasteiger partial charge in [0.1, 0.15) is 4.83 Å². The molecule has 1 nitrogen and oxygen atoms in total. The average molecular weight is 219 g/mol. The second kappa shape index (κ2) is 3.60. The molecular weight excluding hydrogens is 202 g/mol. The summed E-state index contributed by atoms with van der Waals surface area (Å²) in [4.78, 5) is 7.29. The fourth-order valence-corrected chi connectivity index (χ4v) is 2.89. The van der Waals surface area contributed by atoms with Crippen LogP contribution in [0.2, 0.25) is 0 Å². The topological polar surface area (TPSA) is 12.9 Å². The van der Waals surface area contributed by atoms with Gasteiger partial charge in [0, 0.05) is 16.0 Å². The summed E-state index contributed by atoms with van der Waals surface area (Å²) in [6, 6.07) is 2.30. The normalized spacial score (nSPS) is 11.6. The van der Waals surface area contributed by atoms with Crippen LogP contribution in [0.15, 0.2) is 6.07 Å². The van der Waals surface area contributed by atoms with Crippen molar-refractivity contribution in [2.24, 2.45) is 0 Å². The summed E-state index contributed by atoms with van der Waals surface area (Å²) in [5.74, 6) is 0.601. The first-order valence-electron chi connectivity index (χ1n) is 5.38. The monoisotopic (exact) mass is 219 g/mol. The first-order valence-corrected chi connectivity index (χ1v) is 6.19. The summed E-state index contributed by atoms with van der Waals surface area (Å²) in [5.41, 5.74) is 3.88. The minimum Gasteiger partial charge on any atom is -0.242 e. The highest BCUT2D eigenvalue weighted by Gasteiger charge is 2.11. The number of thiophene rings is 1. The van der Waals surface area contributed by atoms with E-state index in [-0.39, 0.29) is 0 Å². The number of rotatable bonds is 1. The molecule has 2 rings (SSSR count). The Morgan fingerprint density at radius 2 is 1.80 bits per heavy atom. The van der Waals surface area contributed by atoms with Crippen molar-refractivity contribution in [3.05, 3.63) is 27.8 Å². The number of nitrogens with zero attached hydrogens (tertiary/aromatic N) is 1. The highest BCUT2D eigenvalue weighted by Crippen LogP contribution is 2.32. The van der Waals surface area contributed by atoms with Gasteiger partial charge in [0.2, 0.25) is 0 Å². The molecule has 0 bridgehead atoms. The fourth-order valence-electron chi connectivity index (χ4n) is 1.75. The van der Waals surface area contributed by atoms with Gasteiger partial charge in [-0.1, -0.05) is 13.8 Å². The highest BCUT2D eigenvalue weighted by molar-refractivity contribution is 7.18. The summed E-state index contributed by atoms with van der Waals surface area (Å²) >= 11 is 1.83. The van der Waals surface area contributed by atoms with Crippen LogP contribution in [0.1, 0.15) is 41.5 Å². The maximum Gasteiger partial charge on any atom is 0.124 e. The maximum absolute atomic E-state index is 4.66. The van der Waals surface area contributed by atoms with E-state index in [9.17, 15) is 0 Å². The highest BCUT2D eigenvalue weighted by atomic mass is 32.1. The zero-order valence-electron chi connectivity index (χ0n) is 10.0. The predicted molar refractivity (Wildman–Crippen MR) is 67.9 cm³/mol. The third kappa shape index (κ3) is 1.67. The molecule has 0 fully saturated rings. The van der Waals surface area contributed by atoms with E-state index < -0.39 is 0 Å². The van der Waals surface area contributed by atoms with Crippen molar-refractivity contribution in [1.29, 1.82) is 0 Å². The first kappa shape index (κ1) is 10.6. The van der Waals surface area contributed by atoms with Crippen molar-refractivity contribution >= 4 is 21.6 Å². The minimum absolute atomic E-state index is 0.601. The minimum atomic E-state index is 0.601. The molecule has 0 unspecified atom stereocenters. The Hall–Kier alpha value is -0.890. The second-order valence-electron chi connectivity index (χ2n) is 4.47. The molecule has 2 aromatic heterocycles. The second-order valence-corrected chi connectivity index (χ2v) is 5.53. The SMILES string of the molecule is Cc1nc2sc(C(C)C)cc2c(C)c1C. The van der Waals surface area contributed by atoms with Gasteiger partial charge in [-0.3, -0.25) is 0 Å². The lowest BCUT2D eigenvalue weighted by atomic mass is 10.1.